The Morgan fingerprint density at radius 1 is 1.15 bits per heavy atom. The van der Waals surface area contributed by atoms with Gasteiger partial charge in [-0.2, -0.15) is 0 Å². The summed E-state index contributed by atoms with van der Waals surface area (Å²) < 4.78 is 1.63. The molecule has 9 heteroatoms. The van der Waals surface area contributed by atoms with Crippen LogP contribution in [0.3, 0.4) is 0 Å². The fraction of sp³-hybridized carbons (Fsp3) is 0.444. The van der Waals surface area contributed by atoms with Crippen LogP contribution >= 0.6 is 11.6 Å². The van der Waals surface area contributed by atoms with Crippen LogP contribution in [0, 0.1) is 6.92 Å². The van der Waals surface area contributed by atoms with Gasteiger partial charge in [0.25, 0.3) is 5.91 Å². The first-order chi connectivity index (χ1) is 13.0. The Kier molecular flexibility index (Phi) is 6.08. The van der Waals surface area contributed by atoms with Crippen molar-refractivity contribution >= 4 is 23.4 Å². The van der Waals surface area contributed by atoms with Gasteiger partial charge < -0.3 is 10.2 Å². The van der Waals surface area contributed by atoms with Gasteiger partial charge in [0.05, 0.1) is 12.2 Å². The third-order valence-electron chi connectivity index (χ3n) is 4.43. The second-order valence-electron chi connectivity index (χ2n) is 6.39. The average molecular weight is 391 g/mol. The summed E-state index contributed by atoms with van der Waals surface area (Å²) in [5.74, 6) is 0.634. The number of halogens is 1. The lowest BCUT2D eigenvalue weighted by atomic mass is 10.3. The number of likely N-dealkylation sites (N-methyl/N-ethyl adjacent to an activating group) is 1. The minimum Gasteiger partial charge on any atom is -0.355 e. The van der Waals surface area contributed by atoms with Crippen LogP contribution in [-0.2, 0) is 4.79 Å². The lowest BCUT2D eigenvalue weighted by molar-refractivity contribution is -0.122. The lowest BCUT2D eigenvalue weighted by Crippen LogP contribution is -2.51. The number of carbonyl (C=O) groups excluding carboxylic acids is 2. The molecule has 1 aliphatic rings. The molecule has 27 heavy (non-hydrogen) atoms. The Labute approximate surface area is 163 Å². The number of piperazine rings is 1. The van der Waals surface area contributed by atoms with E-state index in [1.807, 2.05) is 30.9 Å². The van der Waals surface area contributed by atoms with Crippen LogP contribution in [0.4, 0.5) is 0 Å². The molecule has 1 fully saturated rings. The summed E-state index contributed by atoms with van der Waals surface area (Å²) in [4.78, 5) is 32.5. The van der Waals surface area contributed by atoms with Crippen molar-refractivity contribution in [1.29, 1.82) is 0 Å². The molecule has 8 nitrogen and oxygen atoms in total. The predicted octanol–water partition coefficient (Wildman–Crippen LogP) is 1.12. The summed E-state index contributed by atoms with van der Waals surface area (Å²) in [6, 6.07) is 7.21. The Hall–Kier alpha value is -2.45. The number of aromatic nitrogens is 3. The molecular formula is C18H23ClN6O2. The van der Waals surface area contributed by atoms with E-state index >= 15 is 0 Å². The third-order valence-corrected chi connectivity index (χ3v) is 4.68. The molecule has 2 heterocycles. The number of aryl methyl sites for hydroxylation is 1. The molecular weight excluding hydrogens is 368 g/mol. The number of benzene rings is 1. The van der Waals surface area contributed by atoms with Crippen molar-refractivity contribution < 1.29 is 9.59 Å². The van der Waals surface area contributed by atoms with Gasteiger partial charge in [0, 0.05) is 37.7 Å². The largest absolute Gasteiger partial charge is 0.355 e. The van der Waals surface area contributed by atoms with Crippen molar-refractivity contribution in [3.05, 3.63) is 40.9 Å². The number of carbonyl (C=O) groups is 2. The molecule has 2 amide bonds. The first kappa shape index (κ1) is 19.3. The highest BCUT2D eigenvalue weighted by molar-refractivity contribution is 6.30. The highest BCUT2D eigenvalue weighted by Gasteiger charge is 2.26. The second kappa shape index (κ2) is 8.49. The molecule has 1 saturated heterocycles. The van der Waals surface area contributed by atoms with Gasteiger partial charge in [-0.15, -0.1) is 5.10 Å². The van der Waals surface area contributed by atoms with E-state index in [1.165, 1.54) is 0 Å². The number of amides is 2. The second-order valence-corrected chi connectivity index (χ2v) is 6.83. The van der Waals surface area contributed by atoms with Gasteiger partial charge >= 0.3 is 0 Å². The Bertz CT molecular complexity index is 812. The number of hydrogen-bond donors (Lipinski definition) is 1. The summed E-state index contributed by atoms with van der Waals surface area (Å²) in [6.45, 7) is 7.09. The Morgan fingerprint density at radius 2 is 1.81 bits per heavy atom. The standard InChI is InChI=1S/C18H23ClN6O2/c1-3-20-16(26)12-23-8-10-24(11-9-23)18(27)17-21-13(2)25(22-17)15-6-4-14(19)5-7-15/h4-7H,3,8-12H2,1-2H3,(H,20,26). The summed E-state index contributed by atoms with van der Waals surface area (Å²) in [7, 11) is 0. The molecule has 1 aromatic carbocycles. The Balaban J connectivity index is 1.63. The van der Waals surface area contributed by atoms with Gasteiger partial charge in [-0.25, -0.2) is 9.67 Å². The highest BCUT2D eigenvalue weighted by Crippen LogP contribution is 2.15. The molecule has 0 aliphatic carbocycles. The summed E-state index contributed by atoms with van der Waals surface area (Å²) in [6.07, 6.45) is 0. The van der Waals surface area contributed by atoms with E-state index in [9.17, 15) is 9.59 Å². The van der Waals surface area contributed by atoms with E-state index in [4.69, 9.17) is 11.6 Å². The van der Waals surface area contributed by atoms with Crippen LogP contribution in [0.1, 0.15) is 23.4 Å². The zero-order chi connectivity index (χ0) is 19.4. The number of rotatable bonds is 5. The van der Waals surface area contributed by atoms with Gasteiger partial charge in [0.15, 0.2) is 0 Å². The van der Waals surface area contributed by atoms with Crippen LogP contribution < -0.4 is 5.32 Å². The average Bonchev–Trinajstić information content (AvgIpc) is 3.04. The van der Waals surface area contributed by atoms with Crippen molar-refractivity contribution in [2.75, 3.05) is 39.3 Å². The molecule has 0 atom stereocenters. The van der Waals surface area contributed by atoms with E-state index in [2.05, 4.69) is 15.4 Å². The molecule has 0 bridgehead atoms. The third kappa shape index (κ3) is 4.64. The maximum Gasteiger partial charge on any atom is 0.293 e. The number of nitrogens with zero attached hydrogens (tertiary/aromatic N) is 5. The smallest absolute Gasteiger partial charge is 0.293 e. The molecule has 0 unspecified atom stereocenters. The maximum absolute atomic E-state index is 12.8. The molecule has 1 aliphatic heterocycles. The van der Waals surface area contributed by atoms with Crippen molar-refractivity contribution in [3.63, 3.8) is 0 Å². The van der Waals surface area contributed by atoms with Crippen LogP contribution in [0.2, 0.25) is 5.02 Å². The Morgan fingerprint density at radius 3 is 2.44 bits per heavy atom. The quantitative estimate of drug-likeness (QED) is 0.827. The van der Waals surface area contributed by atoms with Crippen molar-refractivity contribution in [3.8, 4) is 5.69 Å². The van der Waals surface area contributed by atoms with Gasteiger partial charge in [-0.05, 0) is 38.1 Å². The monoisotopic (exact) mass is 390 g/mol. The number of nitrogens with one attached hydrogen (secondary N) is 1. The van der Waals surface area contributed by atoms with E-state index in [-0.39, 0.29) is 17.6 Å². The molecule has 0 spiro atoms. The fourth-order valence-corrected chi connectivity index (χ4v) is 3.14. The highest BCUT2D eigenvalue weighted by atomic mass is 35.5. The first-order valence-corrected chi connectivity index (χ1v) is 9.33. The van der Waals surface area contributed by atoms with Gasteiger partial charge in [0.1, 0.15) is 5.82 Å². The summed E-state index contributed by atoms with van der Waals surface area (Å²) in [5.41, 5.74) is 0.801. The lowest BCUT2D eigenvalue weighted by Gasteiger charge is -2.33. The summed E-state index contributed by atoms with van der Waals surface area (Å²) >= 11 is 5.92. The van der Waals surface area contributed by atoms with Gasteiger partial charge in [-0.3, -0.25) is 14.5 Å². The summed E-state index contributed by atoms with van der Waals surface area (Å²) in [5, 5.41) is 7.80. The van der Waals surface area contributed by atoms with Crippen LogP contribution in [0.5, 0.6) is 0 Å². The van der Waals surface area contributed by atoms with Gasteiger partial charge in [-0.1, -0.05) is 11.6 Å². The molecule has 144 valence electrons. The molecule has 2 aromatic rings. The number of hydrogen-bond acceptors (Lipinski definition) is 5. The van der Waals surface area contributed by atoms with E-state index in [0.717, 1.165) is 5.69 Å². The maximum atomic E-state index is 12.8. The zero-order valence-electron chi connectivity index (χ0n) is 15.5. The van der Waals surface area contributed by atoms with Crippen molar-refractivity contribution in [2.45, 2.75) is 13.8 Å². The van der Waals surface area contributed by atoms with E-state index in [1.54, 1.807) is 21.7 Å². The minimum absolute atomic E-state index is 0.0104. The molecule has 0 saturated carbocycles. The van der Waals surface area contributed by atoms with E-state index in [0.29, 0.717) is 50.1 Å². The van der Waals surface area contributed by atoms with Gasteiger partial charge in [0.2, 0.25) is 11.7 Å². The molecule has 1 aromatic heterocycles. The minimum atomic E-state index is -0.191. The molecule has 1 N–H and O–H groups in total. The molecule has 0 radical (unpaired) electrons. The topological polar surface area (TPSA) is 83.4 Å². The van der Waals surface area contributed by atoms with Crippen molar-refractivity contribution in [2.24, 2.45) is 0 Å². The zero-order valence-corrected chi connectivity index (χ0v) is 16.2. The van der Waals surface area contributed by atoms with Crippen LogP contribution in [0.15, 0.2) is 24.3 Å². The normalized spacial score (nSPS) is 15.0. The predicted molar refractivity (Wildman–Crippen MR) is 102 cm³/mol. The van der Waals surface area contributed by atoms with Crippen LogP contribution in [-0.4, -0.2) is 75.6 Å². The van der Waals surface area contributed by atoms with Crippen molar-refractivity contribution in [1.82, 2.24) is 29.9 Å². The fourth-order valence-electron chi connectivity index (χ4n) is 3.01. The first-order valence-electron chi connectivity index (χ1n) is 8.96. The van der Waals surface area contributed by atoms with E-state index < -0.39 is 0 Å². The van der Waals surface area contributed by atoms with Crippen LogP contribution in [0.25, 0.3) is 5.69 Å². The SMILES string of the molecule is CCNC(=O)CN1CCN(C(=O)c2nc(C)n(-c3ccc(Cl)cc3)n2)CC1. The molecule has 3 rings (SSSR count).